The number of ether oxygens (including phenoxy) is 2. The summed E-state index contributed by atoms with van der Waals surface area (Å²) in [6, 6.07) is 0. The number of carbonyl (C=O) groups excluding carboxylic acids is 1. The number of hydrogen-bond donors (Lipinski definition) is 3. The molecule has 0 bridgehead atoms. The topological polar surface area (TPSA) is 96.2 Å². The summed E-state index contributed by atoms with van der Waals surface area (Å²) < 4.78 is 9.60. The van der Waals surface area contributed by atoms with E-state index in [1.165, 1.54) is 6.92 Å². The van der Waals surface area contributed by atoms with Crippen LogP contribution in [0.5, 0.6) is 0 Å². The number of aliphatic hydroxyl groups excluding tert-OH is 3. The van der Waals surface area contributed by atoms with Crippen LogP contribution in [0.3, 0.4) is 0 Å². The summed E-state index contributed by atoms with van der Waals surface area (Å²) in [6.07, 6.45) is -5.90. The van der Waals surface area contributed by atoms with E-state index in [0.29, 0.717) is 0 Å². The molecule has 0 amide bonds. The molecule has 0 aromatic carbocycles. The molecule has 1 aliphatic heterocycles. The lowest BCUT2D eigenvalue weighted by Gasteiger charge is -2.38. The summed E-state index contributed by atoms with van der Waals surface area (Å²) in [5, 5.41) is 28.0. The van der Waals surface area contributed by atoms with Gasteiger partial charge in [0, 0.05) is 6.92 Å². The van der Waals surface area contributed by atoms with Crippen LogP contribution >= 0.6 is 0 Å². The van der Waals surface area contributed by atoms with E-state index in [4.69, 9.17) is 4.74 Å². The molecule has 0 unspecified atom stereocenters. The van der Waals surface area contributed by atoms with Gasteiger partial charge >= 0.3 is 5.97 Å². The van der Waals surface area contributed by atoms with Gasteiger partial charge < -0.3 is 24.8 Å². The fourth-order valence-corrected chi connectivity index (χ4v) is 1.27. The minimum atomic E-state index is -1.43. The fourth-order valence-electron chi connectivity index (χ4n) is 1.27. The third-order valence-corrected chi connectivity index (χ3v) is 2.09. The van der Waals surface area contributed by atoms with Crippen molar-refractivity contribution in [2.75, 3.05) is 0 Å². The molecule has 1 rings (SSSR count). The summed E-state index contributed by atoms with van der Waals surface area (Å²) in [5.74, 6) is -0.621. The Labute approximate surface area is 81.1 Å². The van der Waals surface area contributed by atoms with Crippen molar-refractivity contribution in [2.45, 2.75) is 44.6 Å². The maximum absolute atomic E-state index is 10.6. The Bertz CT molecular complexity index is 218. The average Bonchev–Trinajstić information content (AvgIpc) is 2.10. The second-order valence-electron chi connectivity index (χ2n) is 3.29. The Morgan fingerprint density at radius 3 is 2.29 bits per heavy atom. The Morgan fingerprint density at radius 2 is 1.79 bits per heavy atom. The second kappa shape index (κ2) is 4.22. The summed E-state index contributed by atoms with van der Waals surface area (Å²) in [5.41, 5.74) is 0. The summed E-state index contributed by atoms with van der Waals surface area (Å²) in [4.78, 5) is 10.6. The zero-order valence-corrected chi connectivity index (χ0v) is 7.95. The van der Waals surface area contributed by atoms with E-state index in [2.05, 4.69) is 4.74 Å². The van der Waals surface area contributed by atoms with Crippen LogP contribution < -0.4 is 0 Å². The molecule has 3 N–H and O–H groups in total. The first-order chi connectivity index (χ1) is 6.43. The number of hydrogen-bond acceptors (Lipinski definition) is 6. The van der Waals surface area contributed by atoms with E-state index in [0.717, 1.165) is 6.92 Å². The van der Waals surface area contributed by atoms with Crippen LogP contribution in [-0.4, -0.2) is 52.0 Å². The Kier molecular flexibility index (Phi) is 3.43. The molecule has 5 atom stereocenters. The monoisotopic (exact) mass is 206 g/mol. The van der Waals surface area contributed by atoms with E-state index >= 15 is 0 Å². The third kappa shape index (κ3) is 2.21. The molecule has 0 aromatic heterocycles. The van der Waals surface area contributed by atoms with Gasteiger partial charge in [-0.25, -0.2) is 0 Å². The quantitative estimate of drug-likeness (QED) is 0.446. The van der Waals surface area contributed by atoms with Gasteiger partial charge in [-0.05, 0) is 6.92 Å². The van der Waals surface area contributed by atoms with Gasteiger partial charge in [0.05, 0.1) is 6.10 Å². The molecular formula is C8H14O6. The molecule has 1 fully saturated rings. The first kappa shape index (κ1) is 11.4. The maximum atomic E-state index is 10.6. The molecule has 1 aliphatic rings. The third-order valence-electron chi connectivity index (χ3n) is 2.09. The van der Waals surface area contributed by atoms with Crippen molar-refractivity contribution in [1.82, 2.24) is 0 Å². The SMILES string of the molecule is CC(=O)O[C@@H]1O[C@@H](C)[C@H](O)[C@H](O)[C@@H]1O. The predicted octanol–water partition coefficient (Wildman–Crippen LogP) is -1.62. The Balaban J connectivity index is 2.65. The van der Waals surface area contributed by atoms with Crippen molar-refractivity contribution >= 4 is 5.97 Å². The minimum absolute atomic E-state index is 0.621. The smallest absolute Gasteiger partial charge is 0.305 e. The standard InChI is InChI=1S/C8H14O6/c1-3-5(10)6(11)7(12)8(13-3)14-4(2)9/h3,5-8,10-12H,1-2H3/t3-,5-,6-,7-,8-/m0/s1. The molecule has 6 nitrogen and oxygen atoms in total. The summed E-state index contributed by atoms with van der Waals surface area (Å²) >= 11 is 0. The molecule has 82 valence electrons. The molecule has 0 aromatic rings. The highest BCUT2D eigenvalue weighted by Crippen LogP contribution is 2.21. The molecular weight excluding hydrogens is 192 g/mol. The molecule has 1 saturated heterocycles. The first-order valence-corrected chi connectivity index (χ1v) is 4.30. The predicted molar refractivity (Wildman–Crippen MR) is 44.1 cm³/mol. The van der Waals surface area contributed by atoms with E-state index in [-0.39, 0.29) is 0 Å². The largest absolute Gasteiger partial charge is 0.433 e. The van der Waals surface area contributed by atoms with Crippen LogP contribution in [0.1, 0.15) is 13.8 Å². The molecule has 1 heterocycles. The van der Waals surface area contributed by atoms with Crippen LogP contribution in [-0.2, 0) is 14.3 Å². The minimum Gasteiger partial charge on any atom is -0.433 e. The highest BCUT2D eigenvalue weighted by atomic mass is 16.7. The van der Waals surface area contributed by atoms with Crippen LogP contribution in [0.4, 0.5) is 0 Å². The second-order valence-corrected chi connectivity index (χ2v) is 3.29. The zero-order chi connectivity index (χ0) is 10.9. The summed E-state index contributed by atoms with van der Waals surface area (Å²) in [6.45, 7) is 2.68. The lowest BCUT2D eigenvalue weighted by atomic mass is 10.0. The molecule has 0 saturated carbocycles. The van der Waals surface area contributed by atoms with Crippen molar-refractivity contribution in [3.8, 4) is 0 Å². The van der Waals surface area contributed by atoms with Crippen molar-refractivity contribution in [3.05, 3.63) is 0 Å². The Hall–Kier alpha value is -0.690. The highest BCUT2D eigenvalue weighted by molar-refractivity contribution is 5.66. The van der Waals surface area contributed by atoms with Crippen molar-refractivity contribution in [2.24, 2.45) is 0 Å². The number of rotatable bonds is 1. The number of aliphatic hydroxyl groups is 3. The van der Waals surface area contributed by atoms with Crippen molar-refractivity contribution < 1.29 is 29.6 Å². The molecule has 0 aliphatic carbocycles. The highest BCUT2D eigenvalue weighted by Gasteiger charge is 2.43. The molecule has 14 heavy (non-hydrogen) atoms. The van der Waals surface area contributed by atoms with Crippen molar-refractivity contribution in [3.63, 3.8) is 0 Å². The summed E-state index contributed by atoms with van der Waals surface area (Å²) in [7, 11) is 0. The van der Waals surface area contributed by atoms with Gasteiger partial charge in [-0.1, -0.05) is 0 Å². The van der Waals surface area contributed by atoms with Crippen LogP contribution in [0, 0.1) is 0 Å². The van der Waals surface area contributed by atoms with Crippen molar-refractivity contribution in [1.29, 1.82) is 0 Å². The van der Waals surface area contributed by atoms with Crippen LogP contribution in [0.25, 0.3) is 0 Å². The van der Waals surface area contributed by atoms with Gasteiger partial charge in [-0.3, -0.25) is 4.79 Å². The van der Waals surface area contributed by atoms with Gasteiger partial charge in [0.25, 0.3) is 0 Å². The first-order valence-electron chi connectivity index (χ1n) is 4.30. The van der Waals surface area contributed by atoms with Crippen LogP contribution in [0.2, 0.25) is 0 Å². The van der Waals surface area contributed by atoms with Gasteiger partial charge in [0.15, 0.2) is 0 Å². The maximum Gasteiger partial charge on any atom is 0.305 e. The lowest BCUT2D eigenvalue weighted by Crippen LogP contribution is -2.57. The number of carbonyl (C=O) groups is 1. The normalized spacial score (nSPS) is 43.4. The Morgan fingerprint density at radius 1 is 1.21 bits per heavy atom. The van der Waals surface area contributed by atoms with Crippen LogP contribution in [0.15, 0.2) is 0 Å². The fraction of sp³-hybridized carbons (Fsp3) is 0.875. The van der Waals surface area contributed by atoms with Gasteiger partial charge in [-0.15, -0.1) is 0 Å². The van der Waals surface area contributed by atoms with E-state index < -0.39 is 36.7 Å². The van der Waals surface area contributed by atoms with E-state index in [9.17, 15) is 20.1 Å². The van der Waals surface area contributed by atoms with E-state index in [1.54, 1.807) is 0 Å². The molecule has 0 radical (unpaired) electrons. The van der Waals surface area contributed by atoms with Gasteiger partial charge in [-0.2, -0.15) is 0 Å². The van der Waals surface area contributed by atoms with Gasteiger partial charge in [0.2, 0.25) is 6.29 Å². The average molecular weight is 206 g/mol. The molecule has 6 heteroatoms. The zero-order valence-electron chi connectivity index (χ0n) is 7.95. The molecule has 0 spiro atoms. The number of esters is 1. The van der Waals surface area contributed by atoms with E-state index in [1.807, 2.05) is 0 Å². The van der Waals surface area contributed by atoms with Gasteiger partial charge in [0.1, 0.15) is 18.3 Å². The lowest BCUT2D eigenvalue weighted by molar-refractivity contribution is -0.284.